The summed E-state index contributed by atoms with van der Waals surface area (Å²) in [6.45, 7) is 2.81. The van der Waals surface area contributed by atoms with E-state index < -0.39 is 6.29 Å². The fourth-order valence-corrected chi connectivity index (χ4v) is 1.48. The Kier molecular flexibility index (Phi) is 2.84. The molecule has 2 rings (SSSR count). The van der Waals surface area contributed by atoms with Gasteiger partial charge in [-0.1, -0.05) is 0 Å². The molecule has 1 unspecified atom stereocenters. The number of hydrogen-bond acceptors (Lipinski definition) is 3. The van der Waals surface area contributed by atoms with Gasteiger partial charge in [0.25, 0.3) is 0 Å². The Hall–Kier alpha value is -0.870. The van der Waals surface area contributed by atoms with Gasteiger partial charge in [-0.2, -0.15) is 5.10 Å². The summed E-state index contributed by atoms with van der Waals surface area (Å²) < 4.78 is 6.77. The highest BCUT2D eigenvalue weighted by Crippen LogP contribution is 2.38. The zero-order valence-electron chi connectivity index (χ0n) is 8.39. The second-order valence-electron chi connectivity index (χ2n) is 3.65. The van der Waals surface area contributed by atoms with Crippen LogP contribution in [0.4, 0.5) is 0 Å². The predicted molar refractivity (Wildman–Crippen MR) is 51.8 cm³/mol. The maximum absolute atomic E-state index is 9.38. The summed E-state index contributed by atoms with van der Waals surface area (Å²) >= 11 is 0. The first-order valence-electron chi connectivity index (χ1n) is 5.12. The molecule has 1 heterocycles. The van der Waals surface area contributed by atoms with Gasteiger partial charge in [0.05, 0.1) is 12.2 Å². The highest BCUT2D eigenvalue weighted by Gasteiger charge is 2.25. The molecule has 0 aliphatic heterocycles. The van der Waals surface area contributed by atoms with E-state index in [1.54, 1.807) is 4.68 Å². The Balaban J connectivity index is 1.88. The Morgan fingerprint density at radius 3 is 3.14 bits per heavy atom. The molecule has 1 aliphatic carbocycles. The minimum atomic E-state index is -0.744. The highest BCUT2D eigenvalue weighted by atomic mass is 16.6. The van der Waals surface area contributed by atoms with Crippen molar-refractivity contribution in [3.8, 4) is 0 Å². The number of aromatic nitrogens is 2. The minimum Gasteiger partial charge on any atom is -0.366 e. The van der Waals surface area contributed by atoms with Crippen molar-refractivity contribution in [1.82, 2.24) is 9.78 Å². The molecule has 1 atom stereocenters. The van der Waals surface area contributed by atoms with Crippen LogP contribution < -0.4 is 0 Å². The monoisotopic (exact) mass is 196 g/mol. The number of rotatable bonds is 5. The van der Waals surface area contributed by atoms with Crippen LogP contribution in [0.15, 0.2) is 12.3 Å². The summed E-state index contributed by atoms with van der Waals surface area (Å²) in [6, 6.07) is 2.02. The molecule has 1 aliphatic rings. The molecule has 1 N–H and O–H groups in total. The van der Waals surface area contributed by atoms with Crippen LogP contribution in [0.25, 0.3) is 0 Å². The average molecular weight is 196 g/mol. The lowest BCUT2D eigenvalue weighted by molar-refractivity contribution is -0.105. The topological polar surface area (TPSA) is 47.3 Å². The third kappa shape index (κ3) is 2.33. The first kappa shape index (κ1) is 9.68. The van der Waals surface area contributed by atoms with Gasteiger partial charge < -0.3 is 9.84 Å². The van der Waals surface area contributed by atoms with Gasteiger partial charge in [0.1, 0.15) is 0 Å². The zero-order valence-corrected chi connectivity index (χ0v) is 8.39. The molecule has 4 heteroatoms. The molecule has 4 nitrogen and oxygen atoms in total. The highest BCUT2D eigenvalue weighted by molar-refractivity contribution is 5.12. The Morgan fingerprint density at radius 1 is 1.71 bits per heavy atom. The summed E-state index contributed by atoms with van der Waals surface area (Å²) in [4.78, 5) is 0. The molecule has 1 aromatic heterocycles. The lowest BCUT2D eigenvalue weighted by atomic mass is 10.3. The Morgan fingerprint density at radius 2 is 2.50 bits per heavy atom. The number of aliphatic hydroxyl groups is 1. The molecule has 0 aromatic carbocycles. The SMILES string of the molecule is CCOC(O)Cn1ccc(C2CC2)n1. The molecule has 1 aromatic rings. The van der Waals surface area contributed by atoms with Crippen LogP contribution >= 0.6 is 0 Å². The molecule has 1 fully saturated rings. The predicted octanol–water partition coefficient (Wildman–Crippen LogP) is 1.12. The molecule has 14 heavy (non-hydrogen) atoms. The van der Waals surface area contributed by atoms with Crippen molar-refractivity contribution in [3.05, 3.63) is 18.0 Å². The molecule has 0 saturated heterocycles. The van der Waals surface area contributed by atoms with Crippen molar-refractivity contribution in [3.63, 3.8) is 0 Å². The van der Waals surface area contributed by atoms with Crippen LogP contribution in [-0.2, 0) is 11.3 Å². The van der Waals surface area contributed by atoms with Crippen LogP contribution in [0, 0.1) is 0 Å². The van der Waals surface area contributed by atoms with Gasteiger partial charge in [0.2, 0.25) is 0 Å². The molecule has 0 amide bonds. The van der Waals surface area contributed by atoms with E-state index in [1.165, 1.54) is 12.8 Å². The van der Waals surface area contributed by atoms with Crippen molar-refractivity contribution in [2.45, 2.75) is 38.5 Å². The fourth-order valence-electron chi connectivity index (χ4n) is 1.48. The third-order valence-corrected chi connectivity index (χ3v) is 2.36. The standard InChI is InChI=1S/C10H16N2O2/c1-2-14-10(13)7-12-6-5-9(11-12)8-3-4-8/h5-6,8,10,13H,2-4,7H2,1H3. The summed E-state index contributed by atoms with van der Waals surface area (Å²) in [5.74, 6) is 0.667. The van der Waals surface area contributed by atoms with E-state index in [0.717, 1.165) is 5.69 Å². The van der Waals surface area contributed by atoms with Crippen LogP contribution in [0.1, 0.15) is 31.4 Å². The van der Waals surface area contributed by atoms with Gasteiger partial charge >= 0.3 is 0 Å². The molecular formula is C10H16N2O2. The molecule has 1 saturated carbocycles. The quantitative estimate of drug-likeness (QED) is 0.718. The minimum absolute atomic E-state index is 0.417. The van der Waals surface area contributed by atoms with Gasteiger partial charge in [0, 0.05) is 18.7 Å². The van der Waals surface area contributed by atoms with E-state index in [4.69, 9.17) is 4.74 Å². The van der Waals surface area contributed by atoms with Crippen molar-refractivity contribution < 1.29 is 9.84 Å². The van der Waals surface area contributed by atoms with Crippen LogP contribution in [0.5, 0.6) is 0 Å². The number of aliphatic hydroxyl groups excluding tert-OH is 1. The molecule has 0 radical (unpaired) electrons. The van der Waals surface area contributed by atoms with E-state index in [9.17, 15) is 5.11 Å². The molecule has 0 spiro atoms. The lowest BCUT2D eigenvalue weighted by Crippen LogP contribution is -2.19. The van der Waals surface area contributed by atoms with E-state index in [1.807, 2.05) is 19.2 Å². The van der Waals surface area contributed by atoms with Gasteiger partial charge in [-0.3, -0.25) is 4.68 Å². The maximum atomic E-state index is 9.38. The molecular weight excluding hydrogens is 180 g/mol. The number of ether oxygens (including phenoxy) is 1. The summed E-state index contributed by atoms with van der Waals surface area (Å²) in [7, 11) is 0. The van der Waals surface area contributed by atoms with Gasteiger partial charge in [-0.05, 0) is 25.8 Å². The van der Waals surface area contributed by atoms with Crippen LogP contribution in [-0.4, -0.2) is 27.8 Å². The summed E-state index contributed by atoms with van der Waals surface area (Å²) in [6.07, 6.45) is 3.67. The maximum Gasteiger partial charge on any atom is 0.174 e. The normalized spacial score (nSPS) is 18.4. The lowest BCUT2D eigenvalue weighted by Gasteiger charge is -2.09. The van der Waals surface area contributed by atoms with Crippen LogP contribution in [0.2, 0.25) is 0 Å². The van der Waals surface area contributed by atoms with Crippen molar-refractivity contribution in [2.24, 2.45) is 0 Å². The van der Waals surface area contributed by atoms with E-state index >= 15 is 0 Å². The summed E-state index contributed by atoms with van der Waals surface area (Å²) in [5, 5.41) is 13.8. The van der Waals surface area contributed by atoms with Crippen molar-refractivity contribution in [2.75, 3.05) is 6.61 Å². The van der Waals surface area contributed by atoms with Gasteiger partial charge in [-0.15, -0.1) is 0 Å². The van der Waals surface area contributed by atoms with Crippen LogP contribution in [0.3, 0.4) is 0 Å². The van der Waals surface area contributed by atoms with Gasteiger partial charge in [0.15, 0.2) is 6.29 Å². The largest absolute Gasteiger partial charge is 0.366 e. The molecule has 0 bridgehead atoms. The summed E-state index contributed by atoms with van der Waals surface area (Å²) in [5.41, 5.74) is 1.15. The fraction of sp³-hybridized carbons (Fsp3) is 0.700. The first-order valence-corrected chi connectivity index (χ1v) is 5.12. The van der Waals surface area contributed by atoms with Gasteiger partial charge in [-0.25, -0.2) is 0 Å². The van der Waals surface area contributed by atoms with E-state index in [2.05, 4.69) is 5.10 Å². The second kappa shape index (κ2) is 4.11. The smallest absolute Gasteiger partial charge is 0.174 e. The number of nitrogens with zero attached hydrogens (tertiary/aromatic N) is 2. The Bertz CT molecular complexity index is 294. The number of hydrogen-bond donors (Lipinski definition) is 1. The van der Waals surface area contributed by atoms with E-state index in [0.29, 0.717) is 19.1 Å². The average Bonchev–Trinajstić information content (AvgIpc) is 2.89. The van der Waals surface area contributed by atoms with Crippen molar-refractivity contribution in [1.29, 1.82) is 0 Å². The zero-order chi connectivity index (χ0) is 9.97. The van der Waals surface area contributed by atoms with Crippen molar-refractivity contribution >= 4 is 0 Å². The second-order valence-corrected chi connectivity index (χ2v) is 3.65. The first-order chi connectivity index (χ1) is 6.79. The Labute approximate surface area is 83.5 Å². The van der Waals surface area contributed by atoms with E-state index in [-0.39, 0.29) is 0 Å². The third-order valence-electron chi connectivity index (χ3n) is 2.36. The molecule has 78 valence electrons.